The molecule has 0 saturated heterocycles. The first-order chi connectivity index (χ1) is 23.7. The highest BCUT2D eigenvalue weighted by molar-refractivity contribution is 6.25. The minimum atomic E-state index is -3.03. The van der Waals surface area contributed by atoms with Gasteiger partial charge >= 0.3 is 6.09 Å². The molecule has 0 heterocycles. The van der Waals surface area contributed by atoms with Gasteiger partial charge in [0.25, 0.3) is 5.91 Å². The van der Waals surface area contributed by atoms with Crippen molar-refractivity contribution in [1.82, 2.24) is 4.90 Å². The zero-order valence-electron chi connectivity index (χ0n) is 27.2. The van der Waals surface area contributed by atoms with Gasteiger partial charge in [-0.05, 0) is 53.9 Å². The van der Waals surface area contributed by atoms with Crippen LogP contribution >= 0.6 is 0 Å². The first-order valence-corrected chi connectivity index (χ1v) is 16.0. The van der Waals surface area contributed by atoms with Crippen LogP contribution in [0.3, 0.4) is 0 Å². The number of aromatic hydroxyl groups is 1. The fraction of sp³-hybridized carbons (Fsp3) is 0.297. The number of rotatable bonds is 5. The fourth-order valence-electron chi connectivity index (χ4n) is 8.47. The molecule has 2 unspecified atom stereocenters. The normalized spacial score (nSPS) is 27.0. The largest absolute Gasteiger partial charge is 0.510 e. The molecule has 0 radical (unpaired) electrons. The standard InChI is InChI=1S/C37H35N3O10/c1-15-16-12-13-22(39-36(48)50-14-21-19-10-6-4-8-17(19)18-9-5-7-11-20(18)21)29(41)24(16)30(42)25-23(15)31(43)27-28(40(2)3)32(44)26(35(38)47)34(46)37(27,49)33(25)45/h4-13,15,21,23,27-28,31,41,43-45,49H,14H2,1-3H3,(H2,38,47)(H,39,48)/t15-,23?,27?,28-,31-,37+/m0/s1. The van der Waals surface area contributed by atoms with Gasteiger partial charge in [0.1, 0.15) is 23.7 Å². The number of nitrogens with one attached hydrogen (secondary N) is 1. The number of amides is 2. The summed E-state index contributed by atoms with van der Waals surface area (Å²) in [5.41, 5.74) is 4.65. The second kappa shape index (κ2) is 11.5. The van der Waals surface area contributed by atoms with Crippen LogP contribution in [-0.2, 0) is 14.3 Å². The van der Waals surface area contributed by atoms with Gasteiger partial charge in [-0.2, -0.15) is 0 Å². The van der Waals surface area contributed by atoms with E-state index in [9.17, 15) is 44.7 Å². The highest BCUT2D eigenvalue weighted by atomic mass is 16.5. The second-order valence-electron chi connectivity index (χ2n) is 13.4. The lowest BCUT2D eigenvalue weighted by molar-refractivity contribution is -0.162. The molecular formula is C37H35N3O10. The number of phenols is 1. The number of primary amides is 1. The number of ketones is 2. The van der Waals surface area contributed by atoms with Crippen LogP contribution in [0.4, 0.5) is 10.5 Å². The highest BCUT2D eigenvalue weighted by Crippen LogP contribution is 2.56. The van der Waals surface area contributed by atoms with E-state index in [1.807, 2.05) is 48.5 Å². The molecule has 13 nitrogen and oxygen atoms in total. The van der Waals surface area contributed by atoms with Gasteiger partial charge < -0.3 is 36.0 Å². The number of anilines is 1. The molecule has 4 aliphatic carbocycles. The van der Waals surface area contributed by atoms with Crippen molar-refractivity contribution in [3.05, 3.63) is 106 Å². The van der Waals surface area contributed by atoms with Gasteiger partial charge in [0.2, 0.25) is 5.78 Å². The Kier molecular flexibility index (Phi) is 7.62. The summed E-state index contributed by atoms with van der Waals surface area (Å²) in [6.45, 7) is 1.61. The maximum atomic E-state index is 14.1. The van der Waals surface area contributed by atoms with Crippen molar-refractivity contribution in [3.63, 3.8) is 0 Å². The van der Waals surface area contributed by atoms with Crippen LogP contribution in [0.2, 0.25) is 0 Å². The molecule has 258 valence electrons. The zero-order valence-corrected chi connectivity index (χ0v) is 27.2. The average molecular weight is 682 g/mol. The molecule has 0 aliphatic heterocycles. The van der Waals surface area contributed by atoms with E-state index in [4.69, 9.17) is 10.5 Å². The summed E-state index contributed by atoms with van der Waals surface area (Å²) in [6, 6.07) is 17.1. The molecule has 3 aromatic carbocycles. The molecule has 13 heteroatoms. The number of nitrogens with zero attached hydrogens (tertiary/aromatic N) is 1. The number of phenolic OH excluding ortho intramolecular Hbond substituents is 1. The molecule has 2 amide bonds. The van der Waals surface area contributed by atoms with E-state index in [0.29, 0.717) is 0 Å². The number of hydrogen-bond donors (Lipinski definition) is 7. The summed E-state index contributed by atoms with van der Waals surface area (Å²) in [4.78, 5) is 54.4. The van der Waals surface area contributed by atoms with E-state index in [1.165, 1.54) is 31.1 Å². The fourth-order valence-corrected chi connectivity index (χ4v) is 8.47. The van der Waals surface area contributed by atoms with Crippen molar-refractivity contribution in [2.45, 2.75) is 36.5 Å². The van der Waals surface area contributed by atoms with Gasteiger partial charge in [-0.3, -0.25) is 24.6 Å². The minimum absolute atomic E-state index is 0.0130. The number of carbonyl (C=O) groups is 4. The highest BCUT2D eigenvalue weighted by Gasteiger charge is 2.67. The summed E-state index contributed by atoms with van der Waals surface area (Å²) < 4.78 is 5.59. The maximum absolute atomic E-state index is 14.1. The van der Waals surface area contributed by atoms with Gasteiger partial charge in [-0.1, -0.05) is 61.5 Å². The van der Waals surface area contributed by atoms with E-state index in [2.05, 4.69) is 5.32 Å². The molecule has 0 spiro atoms. The lowest BCUT2D eigenvalue weighted by Gasteiger charge is -2.53. The van der Waals surface area contributed by atoms with Crippen LogP contribution in [0.25, 0.3) is 11.1 Å². The molecule has 8 N–H and O–H groups in total. The lowest BCUT2D eigenvalue weighted by atomic mass is 9.55. The van der Waals surface area contributed by atoms with Crippen LogP contribution in [0.1, 0.15) is 45.8 Å². The Bertz CT molecular complexity index is 2040. The quantitative estimate of drug-likeness (QED) is 0.153. The minimum Gasteiger partial charge on any atom is -0.510 e. The maximum Gasteiger partial charge on any atom is 0.411 e. The molecule has 3 aromatic rings. The molecule has 50 heavy (non-hydrogen) atoms. The van der Waals surface area contributed by atoms with Crippen LogP contribution in [0.5, 0.6) is 5.75 Å². The summed E-state index contributed by atoms with van der Waals surface area (Å²) in [6.07, 6.45) is -2.62. The Hall–Kier alpha value is -5.50. The molecule has 0 fully saturated rings. The van der Waals surface area contributed by atoms with Crippen molar-refractivity contribution >= 4 is 29.3 Å². The Labute approximate surface area is 285 Å². The molecule has 0 saturated carbocycles. The summed E-state index contributed by atoms with van der Waals surface area (Å²) in [7, 11) is 2.93. The summed E-state index contributed by atoms with van der Waals surface area (Å²) in [5, 5.41) is 60.0. The number of fused-ring (bicyclic) bond motifs is 6. The van der Waals surface area contributed by atoms with Crippen molar-refractivity contribution in [3.8, 4) is 16.9 Å². The van der Waals surface area contributed by atoms with Crippen LogP contribution < -0.4 is 11.1 Å². The van der Waals surface area contributed by atoms with Crippen LogP contribution in [0, 0.1) is 11.8 Å². The SMILES string of the molecule is C[C@H]1c2ccc(NC(=O)OCC3c4ccccc4-c4ccccc43)c(O)c2C(=O)C2=C(O)[C@@]3(O)C(=O)C(C(N)=O)=C(O)[C@@H](N(C)C)C3[C@@H](O)C21. The number of nitrogens with two attached hydrogens (primary N) is 1. The van der Waals surface area contributed by atoms with E-state index in [1.54, 1.807) is 6.92 Å². The Morgan fingerprint density at radius 1 is 0.940 bits per heavy atom. The van der Waals surface area contributed by atoms with E-state index < -0.39 is 87.5 Å². The Balaban J connectivity index is 1.21. The molecule has 4 aliphatic rings. The number of aliphatic hydroxyl groups is 4. The Morgan fingerprint density at radius 2 is 1.54 bits per heavy atom. The Morgan fingerprint density at radius 3 is 2.12 bits per heavy atom. The monoisotopic (exact) mass is 681 g/mol. The predicted molar refractivity (Wildman–Crippen MR) is 178 cm³/mol. The first-order valence-electron chi connectivity index (χ1n) is 16.0. The van der Waals surface area contributed by atoms with Gasteiger partial charge in [0.05, 0.1) is 29.3 Å². The number of ether oxygens (including phenoxy) is 1. The molecule has 7 rings (SSSR count). The van der Waals surface area contributed by atoms with E-state index in [-0.39, 0.29) is 29.3 Å². The van der Waals surface area contributed by atoms with Gasteiger partial charge in [-0.25, -0.2) is 4.79 Å². The number of Topliss-reactive ketones (excluding diaryl/α,β-unsaturated/α-hetero) is 2. The van der Waals surface area contributed by atoms with Crippen molar-refractivity contribution in [2.24, 2.45) is 17.6 Å². The van der Waals surface area contributed by atoms with Crippen molar-refractivity contribution < 1.29 is 49.4 Å². The van der Waals surface area contributed by atoms with Crippen LogP contribution in [-0.4, -0.2) is 92.4 Å². The summed E-state index contributed by atoms with van der Waals surface area (Å²) >= 11 is 0. The average Bonchev–Trinajstić information content (AvgIpc) is 3.39. The van der Waals surface area contributed by atoms with Gasteiger partial charge in [0, 0.05) is 17.4 Å². The summed E-state index contributed by atoms with van der Waals surface area (Å²) in [5.74, 6) is -10.3. The smallest absolute Gasteiger partial charge is 0.411 e. The predicted octanol–water partition coefficient (Wildman–Crippen LogP) is 3.01. The molecular weight excluding hydrogens is 646 g/mol. The van der Waals surface area contributed by atoms with Gasteiger partial charge in [-0.15, -0.1) is 0 Å². The molecule has 0 bridgehead atoms. The molecule has 6 atom stereocenters. The first kappa shape index (κ1) is 33.0. The third-order valence-electron chi connectivity index (χ3n) is 10.7. The number of aliphatic hydroxyl groups excluding tert-OH is 3. The number of carbonyl (C=O) groups excluding carboxylic acids is 4. The van der Waals surface area contributed by atoms with Crippen molar-refractivity contribution in [2.75, 3.05) is 26.0 Å². The zero-order chi connectivity index (χ0) is 36.0. The number of likely N-dealkylation sites (N-methyl/N-ethyl adjacent to an activating group) is 1. The van der Waals surface area contributed by atoms with E-state index in [0.717, 1.165) is 22.3 Å². The second-order valence-corrected chi connectivity index (χ2v) is 13.4. The number of hydrogen-bond acceptors (Lipinski definition) is 11. The van der Waals surface area contributed by atoms with Crippen LogP contribution in [0.15, 0.2) is 83.3 Å². The van der Waals surface area contributed by atoms with Crippen molar-refractivity contribution in [1.29, 1.82) is 0 Å². The lowest BCUT2D eigenvalue weighted by Crippen LogP contribution is -2.68. The topological polar surface area (TPSA) is 220 Å². The number of benzene rings is 3. The van der Waals surface area contributed by atoms with E-state index >= 15 is 0 Å². The third kappa shape index (κ3) is 4.43. The third-order valence-corrected chi connectivity index (χ3v) is 10.7. The van der Waals surface area contributed by atoms with Gasteiger partial charge in [0.15, 0.2) is 17.1 Å². The molecule has 0 aromatic heterocycles.